The summed E-state index contributed by atoms with van der Waals surface area (Å²) in [6, 6.07) is 4.39. The summed E-state index contributed by atoms with van der Waals surface area (Å²) in [7, 11) is -3.72. The van der Waals surface area contributed by atoms with Crippen LogP contribution in [-0.4, -0.2) is 37.3 Å². The monoisotopic (exact) mass is 406 g/mol. The molecule has 0 radical (unpaired) electrons. The van der Waals surface area contributed by atoms with Crippen LogP contribution in [0.15, 0.2) is 23.1 Å². The zero-order valence-corrected chi connectivity index (χ0v) is 17.0. The van der Waals surface area contributed by atoms with E-state index in [0.717, 1.165) is 6.42 Å². The van der Waals surface area contributed by atoms with Crippen LogP contribution >= 0.6 is 23.2 Å². The number of hydrogen-bond donors (Lipinski definition) is 1. The molecule has 1 heterocycles. The van der Waals surface area contributed by atoms with Crippen molar-refractivity contribution in [2.75, 3.05) is 13.1 Å². The maximum Gasteiger partial charge on any atom is 0.244 e. The molecule has 0 bridgehead atoms. The van der Waals surface area contributed by atoms with Gasteiger partial charge >= 0.3 is 0 Å². The molecule has 1 N–H and O–H groups in total. The van der Waals surface area contributed by atoms with Crippen LogP contribution in [0.5, 0.6) is 0 Å². The number of halogens is 2. The highest BCUT2D eigenvalue weighted by atomic mass is 35.5. The minimum Gasteiger partial charge on any atom is -0.351 e. The Bertz CT molecular complexity index is 742. The van der Waals surface area contributed by atoms with Crippen LogP contribution in [-0.2, 0) is 14.8 Å². The second kappa shape index (κ2) is 7.82. The molecule has 0 saturated carbocycles. The molecule has 2 rings (SSSR count). The van der Waals surface area contributed by atoms with E-state index < -0.39 is 10.0 Å². The first-order valence-corrected chi connectivity index (χ1v) is 10.5. The lowest BCUT2D eigenvalue weighted by Gasteiger charge is -2.33. The summed E-state index contributed by atoms with van der Waals surface area (Å²) in [5, 5.41) is 3.50. The predicted octanol–water partition coefficient (Wildman–Crippen LogP) is 3.70. The number of rotatable bonds is 5. The highest BCUT2D eigenvalue weighted by Crippen LogP contribution is 2.30. The Balaban J connectivity index is 2.06. The second-order valence-electron chi connectivity index (χ2n) is 6.98. The fourth-order valence-corrected chi connectivity index (χ4v) is 4.90. The smallest absolute Gasteiger partial charge is 0.244 e. The first-order valence-electron chi connectivity index (χ1n) is 8.34. The van der Waals surface area contributed by atoms with Gasteiger partial charge in [-0.05, 0) is 51.3 Å². The Morgan fingerprint density at radius 1 is 1.28 bits per heavy atom. The van der Waals surface area contributed by atoms with Gasteiger partial charge in [0.15, 0.2) is 0 Å². The molecule has 1 aromatic carbocycles. The number of benzene rings is 1. The van der Waals surface area contributed by atoms with Crippen LogP contribution in [0.1, 0.15) is 40.0 Å². The van der Waals surface area contributed by atoms with Crippen molar-refractivity contribution in [3.8, 4) is 0 Å². The molecule has 1 aromatic rings. The van der Waals surface area contributed by atoms with Gasteiger partial charge in [-0.25, -0.2) is 8.42 Å². The van der Waals surface area contributed by atoms with Gasteiger partial charge in [0.1, 0.15) is 4.90 Å². The number of amides is 1. The van der Waals surface area contributed by atoms with Crippen molar-refractivity contribution in [2.45, 2.75) is 50.5 Å². The molecule has 140 valence electrons. The van der Waals surface area contributed by atoms with E-state index in [1.54, 1.807) is 6.07 Å². The zero-order chi connectivity index (χ0) is 18.8. The van der Waals surface area contributed by atoms with E-state index >= 15 is 0 Å². The van der Waals surface area contributed by atoms with Gasteiger partial charge in [-0.3, -0.25) is 4.79 Å². The van der Waals surface area contributed by atoms with Crippen LogP contribution in [0, 0.1) is 5.92 Å². The Kier molecular flexibility index (Phi) is 6.41. The van der Waals surface area contributed by atoms with E-state index in [1.165, 1.54) is 16.4 Å². The Morgan fingerprint density at radius 2 is 1.88 bits per heavy atom. The lowest BCUT2D eigenvalue weighted by Crippen LogP contribution is -2.48. The van der Waals surface area contributed by atoms with Crippen LogP contribution in [0.4, 0.5) is 0 Å². The third-order valence-corrected chi connectivity index (χ3v) is 7.30. The molecule has 25 heavy (non-hydrogen) atoms. The van der Waals surface area contributed by atoms with Gasteiger partial charge in [-0.2, -0.15) is 4.31 Å². The van der Waals surface area contributed by atoms with Crippen molar-refractivity contribution in [2.24, 2.45) is 5.92 Å². The molecule has 1 aliphatic heterocycles. The molecule has 5 nitrogen and oxygen atoms in total. The summed E-state index contributed by atoms with van der Waals surface area (Å²) < 4.78 is 27.0. The zero-order valence-electron chi connectivity index (χ0n) is 14.7. The lowest BCUT2D eigenvalue weighted by molar-refractivity contribution is -0.127. The van der Waals surface area contributed by atoms with Gasteiger partial charge in [0.2, 0.25) is 15.9 Å². The number of carbonyl (C=O) groups excluding carboxylic acids is 1. The highest BCUT2D eigenvalue weighted by Gasteiger charge is 2.34. The number of sulfonamides is 1. The largest absolute Gasteiger partial charge is 0.351 e. The molecule has 0 aliphatic carbocycles. The number of nitrogens with zero attached hydrogens (tertiary/aromatic N) is 1. The van der Waals surface area contributed by atoms with Crippen molar-refractivity contribution < 1.29 is 13.2 Å². The molecular weight excluding hydrogens is 383 g/mol. The fraction of sp³-hybridized carbons (Fsp3) is 0.588. The van der Waals surface area contributed by atoms with Gasteiger partial charge < -0.3 is 5.32 Å². The SMILES string of the molecule is CCC(C)(C)NC(=O)C1CCN(S(=O)(=O)c2cc(Cl)ccc2Cl)CC1. The van der Waals surface area contributed by atoms with E-state index in [9.17, 15) is 13.2 Å². The topological polar surface area (TPSA) is 66.5 Å². The average molecular weight is 407 g/mol. The molecular formula is C17H24Cl2N2O3S. The molecule has 1 fully saturated rings. The number of carbonyl (C=O) groups is 1. The quantitative estimate of drug-likeness (QED) is 0.810. The van der Waals surface area contributed by atoms with Gasteiger partial charge in [0.25, 0.3) is 0 Å². The van der Waals surface area contributed by atoms with Crippen molar-refractivity contribution in [3.05, 3.63) is 28.2 Å². The van der Waals surface area contributed by atoms with Crippen molar-refractivity contribution in [1.82, 2.24) is 9.62 Å². The Labute approximate surface area is 159 Å². The van der Waals surface area contributed by atoms with E-state index in [1.807, 2.05) is 20.8 Å². The van der Waals surface area contributed by atoms with E-state index in [2.05, 4.69) is 5.32 Å². The molecule has 8 heteroatoms. The molecule has 0 aromatic heterocycles. The van der Waals surface area contributed by atoms with E-state index in [0.29, 0.717) is 17.9 Å². The van der Waals surface area contributed by atoms with E-state index in [-0.39, 0.29) is 40.4 Å². The normalized spacial score (nSPS) is 17.5. The van der Waals surface area contributed by atoms with Crippen LogP contribution < -0.4 is 5.32 Å². The van der Waals surface area contributed by atoms with Crippen LogP contribution in [0.2, 0.25) is 10.0 Å². The number of hydrogen-bond acceptors (Lipinski definition) is 3. The fourth-order valence-electron chi connectivity index (χ4n) is 2.70. The number of nitrogens with one attached hydrogen (secondary N) is 1. The lowest BCUT2D eigenvalue weighted by atomic mass is 9.94. The maximum atomic E-state index is 12.8. The summed E-state index contributed by atoms with van der Waals surface area (Å²) in [6.45, 7) is 6.55. The molecule has 0 spiro atoms. The van der Waals surface area contributed by atoms with E-state index in [4.69, 9.17) is 23.2 Å². The minimum atomic E-state index is -3.72. The standard InChI is InChI=1S/C17H24Cl2N2O3S/c1-4-17(2,3)20-16(22)12-7-9-21(10-8-12)25(23,24)15-11-13(18)5-6-14(15)19/h5-6,11-12H,4,7-10H2,1-3H3,(H,20,22). The van der Waals surface area contributed by atoms with Gasteiger partial charge in [-0.1, -0.05) is 30.1 Å². The summed E-state index contributed by atoms with van der Waals surface area (Å²) in [5.41, 5.74) is -0.255. The van der Waals surface area contributed by atoms with Gasteiger partial charge in [-0.15, -0.1) is 0 Å². The first-order chi connectivity index (χ1) is 11.6. The number of piperidine rings is 1. The predicted molar refractivity (Wildman–Crippen MR) is 100 cm³/mol. The van der Waals surface area contributed by atoms with Gasteiger partial charge in [0, 0.05) is 29.6 Å². The molecule has 0 unspecified atom stereocenters. The molecule has 1 aliphatic rings. The van der Waals surface area contributed by atoms with Crippen LogP contribution in [0.3, 0.4) is 0 Å². The Hall–Kier alpha value is -0.820. The van der Waals surface area contributed by atoms with Crippen molar-refractivity contribution >= 4 is 39.1 Å². The van der Waals surface area contributed by atoms with Crippen LogP contribution in [0.25, 0.3) is 0 Å². The minimum absolute atomic E-state index is 0.00955. The molecule has 1 amide bonds. The first kappa shape index (κ1) is 20.5. The second-order valence-corrected chi connectivity index (χ2v) is 9.73. The van der Waals surface area contributed by atoms with Crippen molar-refractivity contribution in [1.29, 1.82) is 0 Å². The summed E-state index contributed by atoms with van der Waals surface area (Å²) in [4.78, 5) is 12.4. The molecule has 1 saturated heterocycles. The summed E-state index contributed by atoms with van der Waals surface area (Å²) in [6.07, 6.45) is 1.81. The molecule has 0 atom stereocenters. The summed E-state index contributed by atoms with van der Waals surface area (Å²) in [5.74, 6) is -0.184. The third-order valence-electron chi connectivity index (χ3n) is 4.68. The Morgan fingerprint density at radius 3 is 2.44 bits per heavy atom. The van der Waals surface area contributed by atoms with Gasteiger partial charge in [0.05, 0.1) is 5.02 Å². The summed E-state index contributed by atoms with van der Waals surface area (Å²) >= 11 is 11.9. The van der Waals surface area contributed by atoms with Crippen molar-refractivity contribution in [3.63, 3.8) is 0 Å². The average Bonchev–Trinajstić information content (AvgIpc) is 2.56. The third kappa shape index (κ3) is 4.88. The maximum absolute atomic E-state index is 12.8. The highest BCUT2D eigenvalue weighted by molar-refractivity contribution is 7.89.